The van der Waals surface area contributed by atoms with Crippen molar-refractivity contribution in [2.24, 2.45) is 0 Å². The Kier molecular flexibility index (Phi) is 4.94. The van der Waals surface area contributed by atoms with Gasteiger partial charge in [-0.3, -0.25) is 4.79 Å². The van der Waals surface area contributed by atoms with Gasteiger partial charge in [-0.15, -0.1) is 6.58 Å². The molecule has 6 heteroatoms. The number of hydrogen-bond donors (Lipinski definition) is 2. The first-order valence-corrected chi connectivity index (χ1v) is 6.77. The van der Waals surface area contributed by atoms with Gasteiger partial charge in [0.05, 0.1) is 12.1 Å². The summed E-state index contributed by atoms with van der Waals surface area (Å²) < 4.78 is 7.64. The first-order chi connectivity index (χ1) is 10.2. The van der Waals surface area contributed by atoms with E-state index in [1.165, 1.54) is 0 Å². The van der Waals surface area contributed by atoms with E-state index in [4.69, 9.17) is 9.84 Å². The molecule has 2 N–H and O–H groups in total. The summed E-state index contributed by atoms with van der Waals surface area (Å²) in [5.74, 6) is 1.26. The second-order valence-corrected chi connectivity index (χ2v) is 4.51. The molecule has 0 bridgehead atoms. The number of nitrogens with zero attached hydrogens (tertiary/aromatic N) is 2. The standard InChI is InChI=1S/C15H19N3O3/c1-3-5-18-14-12(17-15(18)16-2)8-11(10-20)9-13(14)21-7-4-6-19/h3,8-10,19H,1,4-7H2,2H3,(H,16,17). The van der Waals surface area contributed by atoms with Gasteiger partial charge in [-0.05, 0) is 12.1 Å². The quantitative estimate of drug-likeness (QED) is 0.440. The molecule has 21 heavy (non-hydrogen) atoms. The third kappa shape index (κ3) is 3.05. The Labute approximate surface area is 123 Å². The van der Waals surface area contributed by atoms with E-state index in [2.05, 4.69) is 16.9 Å². The molecule has 6 nitrogen and oxygen atoms in total. The van der Waals surface area contributed by atoms with Crippen molar-refractivity contribution >= 4 is 23.3 Å². The minimum absolute atomic E-state index is 0.0597. The Balaban J connectivity index is 2.57. The Bertz CT molecular complexity index is 649. The molecule has 0 saturated heterocycles. The summed E-state index contributed by atoms with van der Waals surface area (Å²) in [6, 6.07) is 3.41. The average Bonchev–Trinajstić information content (AvgIpc) is 2.85. The molecule has 0 amide bonds. The third-order valence-corrected chi connectivity index (χ3v) is 3.06. The molecule has 1 heterocycles. The van der Waals surface area contributed by atoms with Gasteiger partial charge in [0.15, 0.2) is 0 Å². The average molecular weight is 289 g/mol. The summed E-state index contributed by atoms with van der Waals surface area (Å²) >= 11 is 0. The van der Waals surface area contributed by atoms with Crippen LogP contribution in [0.25, 0.3) is 11.0 Å². The highest BCUT2D eigenvalue weighted by Crippen LogP contribution is 2.30. The summed E-state index contributed by atoms with van der Waals surface area (Å²) in [7, 11) is 1.79. The minimum atomic E-state index is 0.0597. The summed E-state index contributed by atoms with van der Waals surface area (Å²) in [4.78, 5) is 15.5. The van der Waals surface area contributed by atoms with Crippen molar-refractivity contribution < 1.29 is 14.6 Å². The molecule has 0 aliphatic rings. The van der Waals surface area contributed by atoms with E-state index in [1.807, 2.05) is 4.57 Å². The molecule has 0 atom stereocenters. The van der Waals surface area contributed by atoms with Crippen molar-refractivity contribution in [2.75, 3.05) is 25.6 Å². The molecule has 2 rings (SSSR count). The predicted octanol–water partition coefficient (Wildman–Crippen LogP) is 1.84. The molecular formula is C15H19N3O3. The van der Waals surface area contributed by atoms with Crippen LogP contribution in [-0.4, -0.2) is 41.2 Å². The Morgan fingerprint density at radius 3 is 2.95 bits per heavy atom. The molecule has 1 aromatic carbocycles. The molecule has 112 valence electrons. The molecule has 0 fully saturated rings. The summed E-state index contributed by atoms with van der Waals surface area (Å²) in [6.45, 7) is 4.76. The highest BCUT2D eigenvalue weighted by Gasteiger charge is 2.15. The van der Waals surface area contributed by atoms with Crippen LogP contribution in [0.3, 0.4) is 0 Å². The van der Waals surface area contributed by atoms with E-state index < -0.39 is 0 Å². The number of carbonyl (C=O) groups is 1. The number of aliphatic hydroxyl groups excluding tert-OH is 1. The van der Waals surface area contributed by atoms with E-state index >= 15 is 0 Å². The van der Waals surface area contributed by atoms with Crippen molar-refractivity contribution in [1.82, 2.24) is 9.55 Å². The van der Waals surface area contributed by atoms with Crippen LogP contribution < -0.4 is 10.1 Å². The van der Waals surface area contributed by atoms with E-state index in [0.717, 1.165) is 11.8 Å². The Hall–Kier alpha value is -2.34. The van der Waals surface area contributed by atoms with Gasteiger partial charge in [-0.1, -0.05) is 6.08 Å². The van der Waals surface area contributed by atoms with Gasteiger partial charge in [0.2, 0.25) is 5.95 Å². The van der Waals surface area contributed by atoms with Gasteiger partial charge in [0.1, 0.15) is 17.6 Å². The van der Waals surface area contributed by atoms with Crippen LogP contribution in [0.15, 0.2) is 24.8 Å². The molecule has 0 aliphatic heterocycles. The first-order valence-electron chi connectivity index (χ1n) is 6.77. The zero-order valence-corrected chi connectivity index (χ0v) is 12.0. The SMILES string of the molecule is C=CCn1c(NC)nc2cc(C=O)cc(OCCCO)c21. The Morgan fingerprint density at radius 2 is 2.33 bits per heavy atom. The number of hydrogen-bond acceptors (Lipinski definition) is 5. The number of benzene rings is 1. The number of imidazole rings is 1. The van der Waals surface area contributed by atoms with Gasteiger partial charge in [-0.25, -0.2) is 4.98 Å². The number of nitrogens with one attached hydrogen (secondary N) is 1. The molecule has 1 aromatic heterocycles. The second kappa shape index (κ2) is 6.90. The zero-order chi connectivity index (χ0) is 15.2. The van der Waals surface area contributed by atoms with Gasteiger partial charge < -0.3 is 19.7 Å². The third-order valence-electron chi connectivity index (χ3n) is 3.06. The second-order valence-electron chi connectivity index (χ2n) is 4.51. The maximum absolute atomic E-state index is 11.1. The molecule has 0 aliphatic carbocycles. The number of ether oxygens (including phenoxy) is 1. The van der Waals surface area contributed by atoms with Crippen molar-refractivity contribution in [1.29, 1.82) is 0 Å². The fraction of sp³-hybridized carbons (Fsp3) is 0.333. The lowest BCUT2D eigenvalue weighted by Gasteiger charge is -2.11. The lowest BCUT2D eigenvalue weighted by molar-refractivity contribution is 0.112. The molecule has 0 unspecified atom stereocenters. The number of fused-ring (bicyclic) bond motifs is 1. The lowest BCUT2D eigenvalue weighted by Crippen LogP contribution is -2.05. The van der Waals surface area contributed by atoms with Crippen molar-refractivity contribution in [3.05, 3.63) is 30.4 Å². The topological polar surface area (TPSA) is 76.4 Å². The molecule has 0 saturated carbocycles. The molecule has 0 spiro atoms. The number of aldehydes is 1. The summed E-state index contributed by atoms with van der Waals surface area (Å²) in [5, 5.41) is 11.9. The van der Waals surface area contributed by atoms with Gasteiger partial charge in [0, 0.05) is 32.2 Å². The number of allylic oxidation sites excluding steroid dienone is 1. The van der Waals surface area contributed by atoms with Crippen LogP contribution in [0.4, 0.5) is 5.95 Å². The highest BCUT2D eigenvalue weighted by atomic mass is 16.5. The maximum Gasteiger partial charge on any atom is 0.204 e. The van der Waals surface area contributed by atoms with E-state index in [1.54, 1.807) is 25.3 Å². The van der Waals surface area contributed by atoms with E-state index in [-0.39, 0.29) is 6.61 Å². The van der Waals surface area contributed by atoms with Gasteiger partial charge in [-0.2, -0.15) is 0 Å². The molecular weight excluding hydrogens is 270 g/mol. The van der Waals surface area contributed by atoms with Crippen LogP contribution >= 0.6 is 0 Å². The van der Waals surface area contributed by atoms with E-state index in [0.29, 0.717) is 42.4 Å². The van der Waals surface area contributed by atoms with Crippen LogP contribution in [-0.2, 0) is 6.54 Å². The zero-order valence-electron chi connectivity index (χ0n) is 12.0. The molecule has 2 aromatic rings. The number of aliphatic hydroxyl groups is 1. The Morgan fingerprint density at radius 1 is 1.52 bits per heavy atom. The highest BCUT2D eigenvalue weighted by molar-refractivity contribution is 5.91. The number of carbonyl (C=O) groups excluding carboxylic acids is 1. The molecule has 0 radical (unpaired) electrons. The smallest absolute Gasteiger partial charge is 0.204 e. The normalized spacial score (nSPS) is 10.6. The summed E-state index contributed by atoms with van der Waals surface area (Å²) in [5.41, 5.74) is 2.00. The summed E-state index contributed by atoms with van der Waals surface area (Å²) in [6.07, 6.45) is 3.07. The van der Waals surface area contributed by atoms with Crippen LogP contribution in [0, 0.1) is 0 Å². The number of aromatic nitrogens is 2. The fourth-order valence-electron chi connectivity index (χ4n) is 2.17. The fourth-order valence-corrected chi connectivity index (χ4v) is 2.17. The van der Waals surface area contributed by atoms with Gasteiger partial charge >= 0.3 is 0 Å². The van der Waals surface area contributed by atoms with Crippen LogP contribution in [0.2, 0.25) is 0 Å². The van der Waals surface area contributed by atoms with Crippen molar-refractivity contribution in [3.8, 4) is 5.75 Å². The minimum Gasteiger partial charge on any atom is -0.491 e. The lowest BCUT2D eigenvalue weighted by atomic mass is 10.2. The van der Waals surface area contributed by atoms with Crippen molar-refractivity contribution in [2.45, 2.75) is 13.0 Å². The van der Waals surface area contributed by atoms with Crippen LogP contribution in [0.5, 0.6) is 5.75 Å². The number of anilines is 1. The number of rotatable bonds is 8. The maximum atomic E-state index is 11.1. The van der Waals surface area contributed by atoms with Gasteiger partial charge in [0.25, 0.3) is 0 Å². The predicted molar refractivity (Wildman–Crippen MR) is 82.1 cm³/mol. The first kappa shape index (κ1) is 15.1. The monoisotopic (exact) mass is 289 g/mol. The van der Waals surface area contributed by atoms with E-state index in [9.17, 15) is 4.79 Å². The largest absolute Gasteiger partial charge is 0.491 e. The van der Waals surface area contributed by atoms with Crippen LogP contribution in [0.1, 0.15) is 16.8 Å². The van der Waals surface area contributed by atoms with Crippen molar-refractivity contribution in [3.63, 3.8) is 0 Å².